The molecule has 92 valence electrons. The van der Waals surface area contributed by atoms with Crippen LogP contribution in [0.15, 0.2) is 5.38 Å². The Kier molecular flexibility index (Phi) is 3.01. The van der Waals surface area contributed by atoms with E-state index in [4.69, 9.17) is 0 Å². The Labute approximate surface area is 105 Å². The number of amides is 1. The van der Waals surface area contributed by atoms with Crippen molar-refractivity contribution in [2.24, 2.45) is 0 Å². The SMILES string of the molecule is O=C(NC1CCCC1)c1csc(NC2CC2)n1. The Morgan fingerprint density at radius 1 is 1.24 bits per heavy atom. The number of thiazole rings is 1. The van der Waals surface area contributed by atoms with Gasteiger partial charge in [0, 0.05) is 17.5 Å². The van der Waals surface area contributed by atoms with Gasteiger partial charge in [-0.05, 0) is 25.7 Å². The number of hydrogen-bond donors (Lipinski definition) is 2. The van der Waals surface area contributed by atoms with Crippen LogP contribution < -0.4 is 10.6 Å². The van der Waals surface area contributed by atoms with Gasteiger partial charge in [-0.25, -0.2) is 4.98 Å². The van der Waals surface area contributed by atoms with Gasteiger partial charge >= 0.3 is 0 Å². The summed E-state index contributed by atoms with van der Waals surface area (Å²) in [6, 6.07) is 0.955. The van der Waals surface area contributed by atoms with Gasteiger partial charge in [0.25, 0.3) is 5.91 Å². The van der Waals surface area contributed by atoms with Gasteiger partial charge in [-0.15, -0.1) is 11.3 Å². The topological polar surface area (TPSA) is 54.0 Å². The maximum Gasteiger partial charge on any atom is 0.271 e. The predicted molar refractivity (Wildman–Crippen MR) is 68.5 cm³/mol. The summed E-state index contributed by atoms with van der Waals surface area (Å²) < 4.78 is 0. The molecule has 2 aliphatic rings. The van der Waals surface area contributed by atoms with E-state index in [1.165, 1.54) is 37.0 Å². The van der Waals surface area contributed by atoms with Crippen molar-refractivity contribution in [3.63, 3.8) is 0 Å². The van der Waals surface area contributed by atoms with E-state index in [0.29, 0.717) is 17.8 Å². The number of rotatable bonds is 4. The number of anilines is 1. The summed E-state index contributed by atoms with van der Waals surface area (Å²) in [4.78, 5) is 16.2. The zero-order valence-corrected chi connectivity index (χ0v) is 10.6. The minimum absolute atomic E-state index is 0.0167. The van der Waals surface area contributed by atoms with E-state index in [9.17, 15) is 4.79 Å². The first-order chi connectivity index (χ1) is 8.31. The van der Waals surface area contributed by atoms with Gasteiger partial charge in [-0.1, -0.05) is 12.8 Å². The Morgan fingerprint density at radius 3 is 2.71 bits per heavy atom. The first kappa shape index (κ1) is 11.0. The third-order valence-corrected chi connectivity index (χ3v) is 4.11. The molecule has 3 rings (SSSR count). The lowest BCUT2D eigenvalue weighted by molar-refractivity contribution is 0.0933. The highest BCUT2D eigenvalue weighted by Crippen LogP contribution is 2.26. The second-order valence-corrected chi connectivity index (χ2v) is 5.77. The Balaban J connectivity index is 1.57. The van der Waals surface area contributed by atoms with Crippen LogP contribution in [-0.2, 0) is 0 Å². The van der Waals surface area contributed by atoms with Crippen LogP contribution in [0.5, 0.6) is 0 Å². The van der Waals surface area contributed by atoms with E-state index in [-0.39, 0.29) is 5.91 Å². The van der Waals surface area contributed by atoms with E-state index in [1.807, 2.05) is 5.38 Å². The second kappa shape index (κ2) is 4.64. The molecule has 0 aliphatic heterocycles. The quantitative estimate of drug-likeness (QED) is 0.864. The standard InChI is InChI=1S/C12H17N3OS/c16-11(13-8-3-1-2-4-8)10-7-17-12(15-10)14-9-5-6-9/h7-9H,1-6H2,(H,13,16)(H,14,15). The number of aromatic nitrogens is 1. The number of carbonyl (C=O) groups excluding carboxylic acids is 1. The van der Waals surface area contributed by atoms with Gasteiger partial charge in [0.2, 0.25) is 0 Å². The second-order valence-electron chi connectivity index (χ2n) is 4.91. The highest BCUT2D eigenvalue weighted by atomic mass is 32.1. The van der Waals surface area contributed by atoms with Gasteiger partial charge in [-0.3, -0.25) is 4.79 Å². The Morgan fingerprint density at radius 2 is 2.00 bits per heavy atom. The van der Waals surface area contributed by atoms with E-state index in [2.05, 4.69) is 15.6 Å². The largest absolute Gasteiger partial charge is 0.359 e. The highest BCUT2D eigenvalue weighted by Gasteiger charge is 2.23. The van der Waals surface area contributed by atoms with Crippen LogP contribution >= 0.6 is 11.3 Å². The molecule has 1 amide bonds. The Bertz CT molecular complexity index is 408. The molecule has 17 heavy (non-hydrogen) atoms. The fourth-order valence-electron chi connectivity index (χ4n) is 2.18. The monoisotopic (exact) mass is 251 g/mol. The zero-order valence-electron chi connectivity index (χ0n) is 9.74. The molecular formula is C12H17N3OS. The summed E-state index contributed by atoms with van der Waals surface area (Å²) >= 11 is 1.52. The third-order valence-electron chi connectivity index (χ3n) is 3.33. The van der Waals surface area contributed by atoms with Crippen molar-refractivity contribution in [2.45, 2.75) is 50.6 Å². The van der Waals surface area contributed by atoms with Crippen LogP contribution in [0, 0.1) is 0 Å². The fourth-order valence-corrected chi connectivity index (χ4v) is 2.94. The average molecular weight is 251 g/mol. The van der Waals surface area contributed by atoms with Crippen LogP contribution in [-0.4, -0.2) is 23.0 Å². The lowest BCUT2D eigenvalue weighted by Crippen LogP contribution is -2.32. The van der Waals surface area contributed by atoms with Crippen molar-refractivity contribution < 1.29 is 4.79 Å². The molecule has 2 fully saturated rings. The zero-order chi connectivity index (χ0) is 11.7. The van der Waals surface area contributed by atoms with Crippen LogP contribution in [0.25, 0.3) is 0 Å². The summed E-state index contributed by atoms with van der Waals surface area (Å²) in [6.07, 6.45) is 7.14. The number of carbonyl (C=O) groups is 1. The first-order valence-electron chi connectivity index (χ1n) is 6.34. The number of nitrogens with zero attached hydrogens (tertiary/aromatic N) is 1. The van der Waals surface area contributed by atoms with Gasteiger partial charge < -0.3 is 10.6 Å². The molecule has 5 heteroatoms. The van der Waals surface area contributed by atoms with Crippen molar-refractivity contribution in [2.75, 3.05) is 5.32 Å². The first-order valence-corrected chi connectivity index (χ1v) is 7.22. The van der Waals surface area contributed by atoms with Gasteiger partial charge in [0.1, 0.15) is 5.69 Å². The van der Waals surface area contributed by atoms with Crippen molar-refractivity contribution in [3.8, 4) is 0 Å². The highest BCUT2D eigenvalue weighted by molar-refractivity contribution is 7.13. The van der Waals surface area contributed by atoms with Crippen molar-refractivity contribution >= 4 is 22.4 Å². The van der Waals surface area contributed by atoms with E-state index < -0.39 is 0 Å². The maximum absolute atomic E-state index is 11.9. The van der Waals surface area contributed by atoms with Crippen LogP contribution in [0.1, 0.15) is 49.0 Å². The molecule has 1 heterocycles. The van der Waals surface area contributed by atoms with Crippen LogP contribution in [0.3, 0.4) is 0 Å². The minimum atomic E-state index is -0.0167. The smallest absolute Gasteiger partial charge is 0.271 e. The summed E-state index contributed by atoms with van der Waals surface area (Å²) in [5.41, 5.74) is 0.560. The van der Waals surface area contributed by atoms with Crippen molar-refractivity contribution in [1.29, 1.82) is 0 Å². The van der Waals surface area contributed by atoms with Crippen molar-refractivity contribution in [1.82, 2.24) is 10.3 Å². The molecule has 1 aromatic heterocycles. The van der Waals surface area contributed by atoms with E-state index >= 15 is 0 Å². The normalized spacial score (nSPS) is 20.5. The molecule has 2 saturated carbocycles. The average Bonchev–Trinajstić information content (AvgIpc) is 2.81. The molecule has 0 bridgehead atoms. The molecule has 0 atom stereocenters. The molecular weight excluding hydrogens is 234 g/mol. The molecule has 0 aromatic carbocycles. The number of nitrogens with one attached hydrogen (secondary N) is 2. The van der Waals surface area contributed by atoms with Gasteiger partial charge in [0.05, 0.1) is 0 Å². The summed E-state index contributed by atoms with van der Waals surface area (Å²) in [7, 11) is 0. The Hall–Kier alpha value is -1.10. The van der Waals surface area contributed by atoms with Crippen LogP contribution in [0.2, 0.25) is 0 Å². The van der Waals surface area contributed by atoms with Gasteiger partial charge in [0.15, 0.2) is 5.13 Å². The van der Waals surface area contributed by atoms with Crippen molar-refractivity contribution in [3.05, 3.63) is 11.1 Å². The third kappa shape index (κ3) is 2.77. The summed E-state index contributed by atoms with van der Waals surface area (Å²) in [5.74, 6) is -0.0167. The number of hydrogen-bond acceptors (Lipinski definition) is 4. The molecule has 0 spiro atoms. The molecule has 0 unspecified atom stereocenters. The molecule has 0 radical (unpaired) electrons. The predicted octanol–water partition coefficient (Wildman–Crippen LogP) is 2.39. The molecule has 1 aromatic rings. The van der Waals surface area contributed by atoms with E-state index in [0.717, 1.165) is 18.0 Å². The summed E-state index contributed by atoms with van der Waals surface area (Å²) in [5, 5.41) is 9.09. The minimum Gasteiger partial charge on any atom is -0.359 e. The molecule has 4 nitrogen and oxygen atoms in total. The molecule has 2 aliphatic carbocycles. The molecule has 2 N–H and O–H groups in total. The lowest BCUT2D eigenvalue weighted by atomic mass is 10.2. The van der Waals surface area contributed by atoms with Crippen LogP contribution in [0.4, 0.5) is 5.13 Å². The fraction of sp³-hybridized carbons (Fsp3) is 0.667. The lowest BCUT2D eigenvalue weighted by Gasteiger charge is -2.09. The van der Waals surface area contributed by atoms with E-state index in [1.54, 1.807) is 0 Å². The molecule has 0 saturated heterocycles. The maximum atomic E-state index is 11.9. The van der Waals surface area contributed by atoms with Gasteiger partial charge in [-0.2, -0.15) is 0 Å². The summed E-state index contributed by atoms with van der Waals surface area (Å²) in [6.45, 7) is 0.